The molecular weight excluding hydrogens is 320 g/mol. The van der Waals surface area contributed by atoms with E-state index < -0.39 is 0 Å². The van der Waals surface area contributed by atoms with E-state index in [1.807, 2.05) is 7.05 Å². The number of rotatable bonds is 4. The van der Waals surface area contributed by atoms with Crippen LogP contribution in [0.25, 0.3) is 0 Å². The van der Waals surface area contributed by atoms with Crippen molar-refractivity contribution in [2.75, 3.05) is 26.7 Å². The third-order valence-electron chi connectivity index (χ3n) is 3.46. The molecule has 1 aromatic heterocycles. The number of nitrogens with one attached hydrogen (secondary N) is 1. The van der Waals surface area contributed by atoms with Gasteiger partial charge in [0.1, 0.15) is 4.34 Å². The highest BCUT2D eigenvalue weighted by Gasteiger charge is 2.35. The first-order chi connectivity index (χ1) is 8.17. The number of likely N-dealkylation sites (tertiary alicyclic amines) is 1. The van der Waals surface area contributed by atoms with Crippen LogP contribution in [0.2, 0.25) is 4.34 Å². The minimum Gasteiger partial charge on any atom is -0.319 e. The van der Waals surface area contributed by atoms with Crippen LogP contribution in [-0.2, 0) is 0 Å². The fourth-order valence-corrected chi connectivity index (χ4v) is 4.64. The van der Waals surface area contributed by atoms with Crippen LogP contribution in [0, 0.1) is 5.92 Å². The maximum atomic E-state index is 6.16. The topological polar surface area (TPSA) is 15.3 Å². The SMILES string of the molecule is CCN1CCC(CNC)C1c1cc(Br)c(Cl)s1. The lowest BCUT2D eigenvalue weighted by atomic mass is 9.99. The molecule has 2 atom stereocenters. The van der Waals surface area contributed by atoms with Gasteiger partial charge in [0, 0.05) is 15.4 Å². The zero-order valence-electron chi connectivity index (χ0n) is 10.2. The molecule has 1 aromatic rings. The zero-order chi connectivity index (χ0) is 12.4. The van der Waals surface area contributed by atoms with Crippen molar-refractivity contribution < 1.29 is 0 Å². The highest BCUT2D eigenvalue weighted by atomic mass is 79.9. The Hall–Kier alpha value is 0.390. The molecule has 2 nitrogen and oxygen atoms in total. The average molecular weight is 338 g/mol. The Balaban J connectivity index is 2.24. The molecule has 0 amide bonds. The Bertz CT molecular complexity index is 363. The van der Waals surface area contributed by atoms with Gasteiger partial charge in [-0.1, -0.05) is 18.5 Å². The first-order valence-electron chi connectivity index (χ1n) is 6.00. The van der Waals surface area contributed by atoms with Gasteiger partial charge in [-0.05, 0) is 61.0 Å². The van der Waals surface area contributed by atoms with Crippen molar-refractivity contribution in [3.8, 4) is 0 Å². The third kappa shape index (κ3) is 2.87. The van der Waals surface area contributed by atoms with Crippen LogP contribution in [0.4, 0.5) is 0 Å². The van der Waals surface area contributed by atoms with Gasteiger partial charge in [-0.3, -0.25) is 4.90 Å². The molecule has 5 heteroatoms. The number of nitrogens with zero attached hydrogens (tertiary/aromatic N) is 1. The van der Waals surface area contributed by atoms with E-state index in [0.717, 1.165) is 21.9 Å². The van der Waals surface area contributed by atoms with Crippen molar-refractivity contribution in [1.82, 2.24) is 10.2 Å². The van der Waals surface area contributed by atoms with Crippen molar-refractivity contribution in [3.05, 3.63) is 19.8 Å². The van der Waals surface area contributed by atoms with Crippen LogP contribution in [0.5, 0.6) is 0 Å². The van der Waals surface area contributed by atoms with E-state index in [1.54, 1.807) is 11.3 Å². The van der Waals surface area contributed by atoms with Crippen molar-refractivity contribution in [3.63, 3.8) is 0 Å². The standard InChI is InChI=1S/C12H18BrClN2S/c1-3-16-5-4-8(7-15-2)11(16)10-6-9(13)12(14)17-10/h6,8,11,15H,3-5,7H2,1-2H3. The lowest BCUT2D eigenvalue weighted by Crippen LogP contribution is -2.28. The van der Waals surface area contributed by atoms with E-state index in [9.17, 15) is 0 Å². The van der Waals surface area contributed by atoms with Crippen LogP contribution in [0.1, 0.15) is 24.3 Å². The summed E-state index contributed by atoms with van der Waals surface area (Å²) in [5, 5.41) is 3.31. The largest absolute Gasteiger partial charge is 0.319 e. The first kappa shape index (κ1) is 13.8. The molecule has 1 saturated heterocycles. The monoisotopic (exact) mass is 336 g/mol. The maximum absolute atomic E-state index is 6.16. The van der Waals surface area contributed by atoms with Gasteiger partial charge in [0.15, 0.2) is 0 Å². The van der Waals surface area contributed by atoms with Gasteiger partial charge in [-0.25, -0.2) is 0 Å². The minimum absolute atomic E-state index is 0.529. The molecular formula is C12H18BrClN2S. The van der Waals surface area contributed by atoms with Gasteiger partial charge in [0.05, 0.1) is 0 Å². The highest BCUT2D eigenvalue weighted by molar-refractivity contribution is 9.10. The molecule has 0 saturated carbocycles. The summed E-state index contributed by atoms with van der Waals surface area (Å²) >= 11 is 11.4. The summed E-state index contributed by atoms with van der Waals surface area (Å²) < 4.78 is 1.90. The summed E-state index contributed by atoms with van der Waals surface area (Å²) in [5.74, 6) is 0.696. The Kier molecular flexibility index (Phi) is 4.89. The molecule has 0 radical (unpaired) electrons. The summed E-state index contributed by atoms with van der Waals surface area (Å²) in [6, 6.07) is 2.72. The fraction of sp³-hybridized carbons (Fsp3) is 0.667. The van der Waals surface area contributed by atoms with Gasteiger partial charge in [-0.15, -0.1) is 11.3 Å². The summed E-state index contributed by atoms with van der Waals surface area (Å²) in [6.45, 7) is 5.62. The van der Waals surface area contributed by atoms with Gasteiger partial charge >= 0.3 is 0 Å². The van der Waals surface area contributed by atoms with Crippen molar-refractivity contribution in [2.45, 2.75) is 19.4 Å². The van der Waals surface area contributed by atoms with E-state index in [0.29, 0.717) is 12.0 Å². The molecule has 2 unspecified atom stereocenters. The maximum Gasteiger partial charge on any atom is 0.107 e. The van der Waals surface area contributed by atoms with Gasteiger partial charge in [0.2, 0.25) is 0 Å². The fourth-order valence-electron chi connectivity index (χ4n) is 2.68. The zero-order valence-corrected chi connectivity index (χ0v) is 13.3. The van der Waals surface area contributed by atoms with Crippen LogP contribution in [0.3, 0.4) is 0 Å². The molecule has 0 aromatic carbocycles. The van der Waals surface area contributed by atoms with Gasteiger partial charge in [-0.2, -0.15) is 0 Å². The second-order valence-corrected chi connectivity index (χ2v) is 6.99. The molecule has 2 heterocycles. The predicted octanol–water partition coefficient (Wildman–Crippen LogP) is 3.77. The van der Waals surface area contributed by atoms with Crippen LogP contribution in [-0.4, -0.2) is 31.6 Å². The summed E-state index contributed by atoms with van der Waals surface area (Å²) in [5.41, 5.74) is 0. The van der Waals surface area contributed by atoms with Gasteiger partial charge in [0.25, 0.3) is 0 Å². The lowest BCUT2D eigenvalue weighted by molar-refractivity contribution is 0.242. The molecule has 1 aliphatic rings. The number of hydrogen-bond acceptors (Lipinski definition) is 3. The summed E-state index contributed by atoms with van der Waals surface area (Å²) in [7, 11) is 2.03. The number of hydrogen-bond donors (Lipinski definition) is 1. The Morgan fingerprint density at radius 2 is 2.41 bits per heavy atom. The van der Waals surface area contributed by atoms with Crippen LogP contribution in [0.15, 0.2) is 10.5 Å². The van der Waals surface area contributed by atoms with Crippen molar-refractivity contribution >= 4 is 38.9 Å². The number of halogens is 2. The quantitative estimate of drug-likeness (QED) is 0.900. The van der Waals surface area contributed by atoms with E-state index >= 15 is 0 Å². The second-order valence-electron chi connectivity index (χ2n) is 4.45. The molecule has 17 heavy (non-hydrogen) atoms. The first-order valence-corrected chi connectivity index (χ1v) is 7.99. The van der Waals surface area contributed by atoms with Crippen LogP contribution >= 0.6 is 38.9 Å². The molecule has 2 rings (SSSR count). The van der Waals surface area contributed by atoms with Crippen molar-refractivity contribution in [2.24, 2.45) is 5.92 Å². The average Bonchev–Trinajstić information content (AvgIpc) is 2.84. The molecule has 0 spiro atoms. The normalized spacial score (nSPS) is 25.6. The number of thiophene rings is 1. The highest BCUT2D eigenvalue weighted by Crippen LogP contribution is 2.43. The predicted molar refractivity (Wildman–Crippen MR) is 79.1 cm³/mol. The third-order valence-corrected chi connectivity index (χ3v) is 6.00. The lowest BCUT2D eigenvalue weighted by Gasteiger charge is -2.26. The summed E-state index contributed by atoms with van der Waals surface area (Å²) in [4.78, 5) is 3.94. The molecule has 1 N–H and O–H groups in total. The van der Waals surface area contributed by atoms with Gasteiger partial charge < -0.3 is 5.32 Å². The summed E-state index contributed by atoms with van der Waals surface area (Å²) in [6.07, 6.45) is 1.27. The molecule has 0 aliphatic carbocycles. The molecule has 0 bridgehead atoms. The van der Waals surface area contributed by atoms with E-state index in [-0.39, 0.29) is 0 Å². The van der Waals surface area contributed by atoms with Crippen LogP contribution < -0.4 is 5.32 Å². The second kappa shape index (κ2) is 6.02. The Morgan fingerprint density at radius 3 is 2.94 bits per heavy atom. The van der Waals surface area contributed by atoms with Crippen molar-refractivity contribution in [1.29, 1.82) is 0 Å². The Labute approximate surface area is 120 Å². The molecule has 96 valence electrons. The minimum atomic E-state index is 0.529. The smallest absolute Gasteiger partial charge is 0.107 e. The Morgan fingerprint density at radius 1 is 1.65 bits per heavy atom. The van der Waals surface area contributed by atoms with E-state index in [2.05, 4.69) is 39.1 Å². The molecule has 1 aliphatic heterocycles. The molecule has 1 fully saturated rings. The van der Waals surface area contributed by atoms with E-state index in [1.165, 1.54) is 17.8 Å². The van der Waals surface area contributed by atoms with E-state index in [4.69, 9.17) is 11.6 Å².